The molecule has 0 spiro atoms. The van der Waals surface area contributed by atoms with Crippen molar-refractivity contribution >= 4 is 17.1 Å². The summed E-state index contributed by atoms with van der Waals surface area (Å²) in [5.41, 5.74) is 0.533. The zero-order valence-electron chi connectivity index (χ0n) is 19.9. The quantitative estimate of drug-likeness (QED) is 0.385. The smallest absolute Gasteiger partial charge is 0.329 e. The predicted molar refractivity (Wildman–Crippen MR) is 130 cm³/mol. The van der Waals surface area contributed by atoms with Crippen LogP contribution in [-0.4, -0.2) is 43.5 Å². The summed E-state index contributed by atoms with van der Waals surface area (Å²) >= 11 is 0. The average molecular weight is 458 g/mol. The number of aryl methyl sites for hydroxylation is 2. The summed E-state index contributed by atoms with van der Waals surface area (Å²) in [5, 5.41) is 14.1. The van der Waals surface area contributed by atoms with Gasteiger partial charge >= 0.3 is 5.69 Å². The first-order valence-corrected chi connectivity index (χ1v) is 11.6. The number of aromatic amines is 1. The average Bonchev–Trinajstić information content (AvgIpc) is 3.15. The topological polar surface area (TPSA) is 114 Å². The highest BCUT2D eigenvalue weighted by molar-refractivity contribution is 5.74. The summed E-state index contributed by atoms with van der Waals surface area (Å²) in [6.45, 7) is 7.15. The number of rotatable bonds is 12. The van der Waals surface area contributed by atoms with Crippen molar-refractivity contribution in [1.29, 1.82) is 0 Å². The molecule has 0 radical (unpaired) electrons. The number of imidazole rings is 1. The summed E-state index contributed by atoms with van der Waals surface area (Å²) in [6, 6.07) is 7.60. The van der Waals surface area contributed by atoms with E-state index >= 15 is 0 Å². The minimum atomic E-state index is -0.887. The molecule has 2 heterocycles. The molecular formula is C24H35N5O4. The van der Waals surface area contributed by atoms with Crippen LogP contribution in [0.4, 0.5) is 5.95 Å². The molecule has 0 saturated carbocycles. The van der Waals surface area contributed by atoms with E-state index in [4.69, 9.17) is 4.74 Å². The normalized spacial score (nSPS) is 13.2. The van der Waals surface area contributed by atoms with Crippen molar-refractivity contribution in [2.75, 3.05) is 18.5 Å². The van der Waals surface area contributed by atoms with E-state index in [9.17, 15) is 14.7 Å². The second-order valence-corrected chi connectivity index (χ2v) is 8.62. The monoisotopic (exact) mass is 457 g/mol. The molecular weight excluding hydrogens is 422 g/mol. The minimum absolute atomic E-state index is 0.0559. The minimum Gasteiger partial charge on any atom is -0.491 e. The van der Waals surface area contributed by atoms with Crippen LogP contribution in [-0.2, 0) is 13.6 Å². The highest BCUT2D eigenvalue weighted by Gasteiger charge is 2.20. The Morgan fingerprint density at radius 2 is 2.06 bits per heavy atom. The van der Waals surface area contributed by atoms with E-state index in [2.05, 4.69) is 29.1 Å². The second kappa shape index (κ2) is 11.2. The van der Waals surface area contributed by atoms with E-state index in [-0.39, 0.29) is 24.3 Å². The van der Waals surface area contributed by atoms with Gasteiger partial charge in [0.1, 0.15) is 18.5 Å². The lowest BCUT2D eigenvalue weighted by Crippen LogP contribution is -2.31. The molecule has 0 aliphatic carbocycles. The number of aliphatic hydroxyl groups excluding tert-OH is 1. The molecule has 0 amide bonds. The standard InChI is InChI=1S/C24H35N5O4/c1-5-7-10-17(6-2)13-25-23-26-21-20(22(31)27-24(32)28(21)4)29(23)14-18(30)15-33-19-11-8-9-16(3)12-19/h8-9,11-12,17-18,30H,5-7,10,13-15H2,1-4H3,(H,25,26)(H,27,31,32)/t17-,18+/m1/s1. The number of hydrogen-bond donors (Lipinski definition) is 3. The molecule has 33 heavy (non-hydrogen) atoms. The Morgan fingerprint density at radius 3 is 2.76 bits per heavy atom. The number of ether oxygens (including phenoxy) is 1. The molecule has 0 fully saturated rings. The van der Waals surface area contributed by atoms with Gasteiger partial charge in [-0.25, -0.2) is 4.79 Å². The molecule has 3 N–H and O–H groups in total. The van der Waals surface area contributed by atoms with Gasteiger partial charge in [-0.05, 0) is 37.0 Å². The van der Waals surface area contributed by atoms with Gasteiger partial charge in [-0.2, -0.15) is 4.98 Å². The molecule has 0 saturated heterocycles. The van der Waals surface area contributed by atoms with Gasteiger partial charge in [-0.3, -0.25) is 14.3 Å². The maximum Gasteiger partial charge on any atom is 0.329 e. The van der Waals surface area contributed by atoms with Crippen LogP contribution < -0.4 is 21.3 Å². The summed E-state index contributed by atoms with van der Waals surface area (Å²) < 4.78 is 8.69. The van der Waals surface area contributed by atoms with Gasteiger partial charge in [0.25, 0.3) is 5.56 Å². The van der Waals surface area contributed by atoms with E-state index in [0.29, 0.717) is 24.2 Å². The van der Waals surface area contributed by atoms with Crippen molar-refractivity contribution in [2.24, 2.45) is 13.0 Å². The third-order valence-corrected chi connectivity index (χ3v) is 5.92. The molecule has 3 rings (SSSR count). The van der Waals surface area contributed by atoms with Crippen LogP contribution in [0.5, 0.6) is 5.75 Å². The van der Waals surface area contributed by atoms with Crippen LogP contribution in [0.2, 0.25) is 0 Å². The summed E-state index contributed by atoms with van der Waals surface area (Å²) in [7, 11) is 1.56. The third kappa shape index (κ3) is 6.04. The van der Waals surface area contributed by atoms with Gasteiger partial charge in [0, 0.05) is 13.6 Å². The van der Waals surface area contributed by atoms with Crippen molar-refractivity contribution in [2.45, 2.75) is 59.1 Å². The zero-order chi connectivity index (χ0) is 24.0. The number of nitrogens with one attached hydrogen (secondary N) is 2. The third-order valence-electron chi connectivity index (χ3n) is 5.92. The maximum absolute atomic E-state index is 12.6. The number of benzene rings is 1. The SMILES string of the molecule is CCCC[C@@H](CC)CNc1nc2c(c(=O)[nH]c(=O)n2C)n1C[C@H](O)COc1cccc(C)c1. The van der Waals surface area contributed by atoms with Crippen LogP contribution in [0.15, 0.2) is 33.9 Å². The van der Waals surface area contributed by atoms with Gasteiger partial charge in [0.15, 0.2) is 11.2 Å². The predicted octanol–water partition coefficient (Wildman–Crippen LogP) is 2.80. The summed E-state index contributed by atoms with van der Waals surface area (Å²) in [4.78, 5) is 31.6. The van der Waals surface area contributed by atoms with Gasteiger partial charge < -0.3 is 19.7 Å². The second-order valence-electron chi connectivity index (χ2n) is 8.62. The molecule has 2 atom stereocenters. The lowest BCUT2D eigenvalue weighted by atomic mass is 9.99. The number of aliphatic hydroxyl groups is 1. The molecule has 0 aliphatic heterocycles. The fourth-order valence-electron chi connectivity index (χ4n) is 3.89. The van der Waals surface area contributed by atoms with Crippen molar-refractivity contribution < 1.29 is 9.84 Å². The lowest BCUT2D eigenvalue weighted by molar-refractivity contribution is 0.0938. The fourth-order valence-corrected chi connectivity index (χ4v) is 3.89. The largest absolute Gasteiger partial charge is 0.491 e. The van der Waals surface area contributed by atoms with E-state index < -0.39 is 17.4 Å². The van der Waals surface area contributed by atoms with Crippen molar-refractivity contribution in [1.82, 2.24) is 19.1 Å². The molecule has 2 aromatic heterocycles. The van der Waals surface area contributed by atoms with Crippen LogP contribution in [0.3, 0.4) is 0 Å². The number of fused-ring (bicyclic) bond motifs is 1. The molecule has 0 bridgehead atoms. The number of anilines is 1. The molecule has 9 nitrogen and oxygen atoms in total. The molecule has 9 heteroatoms. The lowest BCUT2D eigenvalue weighted by Gasteiger charge is -2.18. The van der Waals surface area contributed by atoms with Gasteiger partial charge in [-0.1, -0.05) is 45.2 Å². The van der Waals surface area contributed by atoms with Crippen LogP contribution in [0.25, 0.3) is 11.2 Å². The zero-order valence-corrected chi connectivity index (χ0v) is 19.9. The number of nitrogens with zero attached hydrogens (tertiary/aromatic N) is 3. The molecule has 180 valence electrons. The highest BCUT2D eigenvalue weighted by atomic mass is 16.5. The van der Waals surface area contributed by atoms with E-state index in [1.165, 1.54) is 4.57 Å². The Labute approximate surface area is 193 Å². The first-order valence-electron chi connectivity index (χ1n) is 11.6. The van der Waals surface area contributed by atoms with E-state index in [1.807, 2.05) is 31.2 Å². The Morgan fingerprint density at radius 1 is 1.27 bits per heavy atom. The molecule has 0 unspecified atom stereocenters. The van der Waals surface area contributed by atoms with Crippen molar-refractivity contribution in [3.63, 3.8) is 0 Å². The Balaban J connectivity index is 1.85. The van der Waals surface area contributed by atoms with Gasteiger partial charge in [0.05, 0.1) is 6.54 Å². The molecule has 1 aromatic carbocycles. The van der Waals surface area contributed by atoms with Crippen LogP contribution in [0.1, 0.15) is 45.1 Å². The number of unbranched alkanes of at least 4 members (excludes halogenated alkanes) is 1. The summed E-state index contributed by atoms with van der Waals surface area (Å²) in [6.07, 6.45) is 3.53. The van der Waals surface area contributed by atoms with Gasteiger partial charge in [-0.15, -0.1) is 0 Å². The number of hydrogen-bond acceptors (Lipinski definition) is 6. The first-order chi connectivity index (χ1) is 15.8. The van der Waals surface area contributed by atoms with Crippen molar-refractivity contribution in [3.8, 4) is 5.75 Å². The van der Waals surface area contributed by atoms with Crippen LogP contribution in [0, 0.1) is 12.8 Å². The van der Waals surface area contributed by atoms with Crippen molar-refractivity contribution in [3.05, 3.63) is 50.7 Å². The molecule has 0 aliphatic rings. The fraction of sp³-hybridized carbons (Fsp3) is 0.542. The van der Waals surface area contributed by atoms with E-state index in [0.717, 1.165) is 31.2 Å². The van der Waals surface area contributed by atoms with E-state index in [1.54, 1.807) is 11.6 Å². The summed E-state index contributed by atoms with van der Waals surface area (Å²) in [5.74, 6) is 1.60. The molecule has 3 aromatic rings. The Kier molecular flexibility index (Phi) is 8.32. The number of aromatic nitrogens is 4. The number of H-pyrrole nitrogens is 1. The van der Waals surface area contributed by atoms with Gasteiger partial charge in [0.2, 0.25) is 5.95 Å². The Bertz CT molecular complexity index is 1180. The Hall–Kier alpha value is -3.07. The highest BCUT2D eigenvalue weighted by Crippen LogP contribution is 2.19. The maximum atomic E-state index is 12.6. The van der Waals surface area contributed by atoms with Crippen LogP contribution >= 0.6 is 0 Å². The first kappa shape index (κ1) is 24.6.